The second-order valence-electron chi connectivity index (χ2n) is 5.97. The first-order valence-electron chi connectivity index (χ1n) is 6.69. The van der Waals surface area contributed by atoms with Gasteiger partial charge in [0.15, 0.2) is 0 Å². The zero-order valence-electron chi connectivity index (χ0n) is 11.8. The van der Waals surface area contributed by atoms with Crippen LogP contribution in [0.1, 0.15) is 27.2 Å². The highest BCUT2D eigenvalue weighted by atomic mass is 16.2. The summed E-state index contributed by atoms with van der Waals surface area (Å²) < 4.78 is 0. The van der Waals surface area contributed by atoms with Crippen LogP contribution in [0.25, 0.3) is 0 Å². The number of carbonyl (C=O) groups excluding carboxylic acids is 1. The van der Waals surface area contributed by atoms with Crippen molar-refractivity contribution in [2.24, 2.45) is 0 Å². The van der Waals surface area contributed by atoms with Gasteiger partial charge in [-0.25, -0.2) is 9.78 Å². The van der Waals surface area contributed by atoms with E-state index in [9.17, 15) is 4.79 Å². The zero-order chi connectivity index (χ0) is 13.9. The fourth-order valence-electron chi connectivity index (χ4n) is 2.19. The van der Waals surface area contributed by atoms with E-state index in [1.54, 1.807) is 6.20 Å². The lowest BCUT2D eigenvalue weighted by Crippen LogP contribution is -2.50. The van der Waals surface area contributed by atoms with Gasteiger partial charge in [-0.3, -0.25) is 0 Å². The molecule has 2 rings (SSSR count). The largest absolute Gasteiger partial charge is 0.354 e. The number of pyridine rings is 1. The van der Waals surface area contributed by atoms with E-state index in [4.69, 9.17) is 0 Å². The molecule has 2 amide bonds. The Balaban J connectivity index is 1.84. The Morgan fingerprint density at radius 1 is 1.42 bits per heavy atom. The molecule has 1 aromatic rings. The first-order chi connectivity index (χ1) is 8.94. The van der Waals surface area contributed by atoms with E-state index in [2.05, 4.69) is 20.5 Å². The van der Waals surface area contributed by atoms with Crippen molar-refractivity contribution in [3.8, 4) is 0 Å². The molecule has 0 unspecified atom stereocenters. The van der Waals surface area contributed by atoms with E-state index >= 15 is 0 Å². The molecule has 0 radical (unpaired) electrons. The van der Waals surface area contributed by atoms with E-state index in [0.717, 1.165) is 25.3 Å². The lowest BCUT2D eigenvalue weighted by atomic mass is 10.1. The van der Waals surface area contributed by atoms with Crippen LogP contribution in [-0.4, -0.2) is 35.7 Å². The monoisotopic (exact) mass is 262 g/mol. The quantitative estimate of drug-likeness (QED) is 0.854. The molecular formula is C14H22N4O. The molecule has 1 atom stereocenters. The van der Waals surface area contributed by atoms with E-state index in [1.165, 1.54) is 0 Å². The normalized spacial score (nSPS) is 19.3. The van der Waals surface area contributed by atoms with Gasteiger partial charge >= 0.3 is 6.03 Å². The fraction of sp³-hybridized carbons (Fsp3) is 0.571. The second-order valence-corrected chi connectivity index (χ2v) is 5.97. The average Bonchev–Trinajstić information content (AvgIpc) is 2.76. The molecule has 5 heteroatoms. The Bertz CT molecular complexity index is 427. The van der Waals surface area contributed by atoms with Crippen LogP contribution < -0.4 is 15.5 Å². The van der Waals surface area contributed by atoms with Gasteiger partial charge in [0.1, 0.15) is 5.82 Å². The summed E-state index contributed by atoms with van der Waals surface area (Å²) in [7, 11) is 0. The minimum Gasteiger partial charge on any atom is -0.354 e. The predicted molar refractivity (Wildman–Crippen MR) is 76.3 cm³/mol. The summed E-state index contributed by atoms with van der Waals surface area (Å²) in [4.78, 5) is 18.3. The lowest BCUT2D eigenvalue weighted by molar-refractivity contribution is 0.229. The molecule has 0 saturated carbocycles. The van der Waals surface area contributed by atoms with Gasteiger partial charge in [-0.2, -0.15) is 0 Å². The standard InChI is InChI=1S/C14H22N4O/c1-14(2,3)17-13(19)16-11-7-9-18(10-11)12-6-4-5-8-15-12/h4-6,8,11H,7,9-10H2,1-3H3,(H2,16,17,19)/t11-/m1/s1. The summed E-state index contributed by atoms with van der Waals surface area (Å²) in [6.07, 6.45) is 2.75. The molecule has 1 fully saturated rings. The predicted octanol–water partition coefficient (Wildman–Crippen LogP) is 1.76. The minimum absolute atomic E-state index is 0.0969. The van der Waals surface area contributed by atoms with Crippen molar-refractivity contribution in [2.45, 2.75) is 38.8 Å². The van der Waals surface area contributed by atoms with Crippen LogP contribution in [-0.2, 0) is 0 Å². The number of aromatic nitrogens is 1. The van der Waals surface area contributed by atoms with Crippen molar-refractivity contribution in [2.75, 3.05) is 18.0 Å². The first-order valence-corrected chi connectivity index (χ1v) is 6.69. The average molecular weight is 262 g/mol. The van der Waals surface area contributed by atoms with Gasteiger partial charge in [0.2, 0.25) is 0 Å². The van der Waals surface area contributed by atoms with Crippen molar-refractivity contribution >= 4 is 11.8 Å². The molecule has 0 spiro atoms. The summed E-state index contributed by atoms with van der Waals surface area (Å²) in [5.41, 5.74) is -0.205. The highest BCUT2D eigenvalue weighted by Crippen LogP contribution is 2.17. The number of urea groups is 1. The number of hydrogen-bond acceptors (Lipinski definition) is 3. The van der Waals surface area contributed by atoms with E-state index in [-0.39, 0.29) is 17.6 Å². The van der Waals surface area contributed by atoms with Crippen LogP contribution in [0.2, 0.25) is 0 Å². The van der Waals surface area contributed by atoms with Crippen LogP contribution in [0.3, 0.4) is 0 Å². The summed E-state index contributed by atoms with van der Waals surface area (Å²) in [6.45, 7) is 7.66. The molecule has 1 saturated heterocycles. The van der Waals surface area contributed by atoms with Crippen LogP contribution in [0.15, 0.2) is 24.4 Å². The Kier molecular flexibility index (Phi) is 3.93. The van der Waals surface area contributed by atoms with Gasteiger partial charge in [-0.05, 0) is 39.3 Å². The molecule has 1 aliphatic rings. The molecule has 0 aliphatic carbocycles. The molecule has 104 valence electrons. The molecule has 5 nitrogen and oxygen atoms in total. The topological polar surface area (TPSA) is 57.3 Å². The number of carbonyl (C=O) groups is 1. The van der Waals surface area contributed by atoms with Gasteiger partial charge in [-0.1, -0.05) is 6.07 Å². The van der Waals surface area contributed by atoms with Crippen LogP contribution in [0.5, 0.6) is 0 Å². The number of rotatable bonds is 2. The second kappa shape index (κ2) is 5.47. The summed E-state index contributed by atoms with van der Waals surface area (Å²) in [5.74, 6) is 0.975. The highest BCUT2D eigenvalue weighted by Gasteiger charge is 2.25. The number of nitrogens with one attached hydrogen (secondary N) is 2. The van der Waals surface area contributed by atoms with Crippen molar-refractivity contribution in [1.82, 2.24) is 15.6 Å². The lowest BCUT2D eigenvalue weighted by Gasteiger charge is -2.23. The van der Waals surface area contributed by atoms with Gasteiger partial charge < -0.3 is 15.5 Å². The first kappa shape index (κ1) is 13.6. The van der Waals surface area contributed by atoms with Crippen LogP contribution >= 0.6 is 0 Å². The smallest absolute Gasteiger partial charge is 0.315 e. The summed E-state index contributed by atoms with van der Waals surface area (Å²) >= 11 is 0. The molecular weight excluding hydrogens is 240 g/mol. The number of amides is 2. The van der Waals surface area contributed by atoms with Crippen molar-refractivity contribution in [3.05, 3.63) is 24.4 Å². The molecule has 1 aliphatic heterocycles. The van der Waals surface area contributed by atoms with Gasteiger partial charge in [-0.15, -0.1) is 0 Å². The SMILES string of the molecule is CC(C)(C)NC(=O)N[C@@H]1CCN(c2ccccn2)C1. The van der Waals surface area contributed by atoms with Gasteiger partial charge in [0, 0.05) is 30.9 Å². The third kappa shape index (κ3) is 4.12. The van der Waals surface area contributed by atoms with Crippen LogP contribution in [0, 0.1) is 0 Å². The van der Waals surface area contributed by atoms with Gasteiger partial charge in [0.25, 0.3) is 0 Å². The van der Waals surface area contributed by atoms with E-state index in [1.807, 2.05) is 39.0 Å². The molecule has 1 aromatic heterocycles. The maximum atomic E-state index is 11.8. The van der Waals surface area contributed by atoms with E-state index < -0.39 is 0 Å². The molecule has 2 N–H and O–H groups in total. The summed E-state index contributed by atoms with van der Waals surface area (Å²) in [5, 5.41) is 5.93. The van der Waals surface area contributed by atoms with Crippen LogP contribution in [0.4, 0.5) is 10.6 Å². The molecule has 19 heavy (non-hydrogen) atoms. The maximum absolute atomic E-state index is 11.8. The Morgan fingerprint density at radius 2 is 2.21 bits per heavy atom. The third-order valence-electron chi connectivity index (χ3n) is 2.99. The number of hydrogen-bond donors (Lipinski definition) is 2. The number of nitrogens with zero attached hydrogens (tertiary/aromatic N) is 2. The fourth-order valence-corrected chi connectivity index (χ4v) is 2.19. The Morgan fingerprint density at radius 3 is 2.84 bits per heavy atom. The Hall–Kier alpha value is -1.78. The molecule has 0 aromatic carbocycles. The molecule has 0 bridgehead atoms. The van der Waals surface area contributed by atoms with Gasteiger partial charge in [0.05, 0.1) is 0 Å². The number of anilines is 1. The van der Waals surface area contributed by atoms with Crippen molar-refractivity contribution in [1.29, 1.82) is 0 Å². The Labute approximate surface area is 114 Å². The van der Waals surface area contributed by atoms with E-state index in [0.29, 0.717) is 0 Å². The third-order valence-corrected chi connectivity index (χ3v) is 2.99. The summed E-state index contributed by atoms with van der Waals surface area (Å²) in [6, 6.07) is 5.98. The zero-order valence-corrected chi connectivity index (χ0v) is 11.8. The van der Waals surface area contributed by atoms with Crippen molar-refractivity contribution in [3.63, 3.8) is 0 Å². The highest BCUT2D eigenvalue weighted by molar-refractivity contribution is 5.75. The minimum atomic E-state index is -0.205. The van der Waals surface area contributed by atoms with Crippen molar-refractivity contribution < 1.29 is 4.79 Å². The maximum Gasteiger partial charge on any atom is 0.315 e. The molecule has 2 heterocycles.